The van der Waals surface area contributed by atoms with Crippen molar-refractivity contribution in [3.63, 3.8) is 0 Å². The average Bonchev–Trinajstić information content (AvgIpc) is 3.26. The van der Waals surface area contributed by atoms with E-state index in [1.54, 1.807) is 18.4 Å². The Kier molecular flexibility index (Phi) is 8.94. The van der Waals surface area contributed by atoms with Crippen molar-refractivity contribution in [1.29, 1.82) is 0 Å². The predicted octanol–water partition coefficient (Wildman–Crippen LogP) is 5.82. The minimum atomic E-state index is -0.750. The SMILES string of the molecule is CCOC(=O)C1=C(C)N=c2s/c(=C\c3ccc(OCc4cccc(Cl)c4)cc3)c(=O)n2[C@H]1c1ccccc1OC(C)C. The second-order valence-corrected chi connectivity index (χ2v) is 11.4. The highest BCUT2D eigenvalue weighted by molar-refractivity contribution is 7.07. The number of thiazole rings is 1. The van der Waals surface area contributed by atoms with Gasteiger partial charge >= 0.3 is 5.97 Å². The molecule has 7 nitrogen and oxygen atoms in total. The Bertz CT molecular complexity index is 1820. The van der Waals surface area contributed by atoms with Gasteiger partial charge in [0.2, 0.25) is 0 Å². The molecule has 1 aromatic heterocycles. The number of carbonyl (C=O) groups excluding carboxylic acids is 1. The van der Waals surface area contributed by atoms with Crippen molar-refractivity contribution in [2.75, 3.05) is 6.61 Å². The van der Waals surface area contributed by atoms with Gasteiger partial charge < -0.3 is 14.2 Å². The lowest BCUT2D eigenvalue weighted by Crippen LogP contribution is -2.40. The van der Waals surface area contributed by atoms with Gasteiger partial charge in [-0.1, -0.05) is 65.4 Å². The molecule has 42 heavy (non-hydrogen) atoms. The molecule has 0 radical (unpaired) electrons. The number of carbonyl (C=O) groups is 1. The summed E-state index contributed by atoms with van der Waals surface area (Å²) >= 11 is 7.34. The van der Waals surface area contributed by atoms with Gasteiger partial charge in [0.25, 0.3) is 5.56 Å². The van der Waals surface area contributed by atoms with Crippen molar-refractivity contribution in [2.24, 2.45) is 4.99 Å². The molecule has 0 bridgehead atoms. The van der Waals surface area contributed by atoms with Crippen LogP contribution >= 0.6 is 22.9 Å². The topological polar surface area (TPSA) is 79.1 Å². The van der Waals surface area contributed by atoms with Crippen LogP contribution in [-0.4, -0.2) is 23.2 Å². The van der Waals surface area contributed by atoms with Crippen LogP contribution in [-0.2, 0) is 16.1 Å². The first-order valence-corrected chi connectivity index (χ1v) is 14.9. The molecule has 5 rings (SSSR count). The zero-order valence-electron chi connectivity index (χ0n) is 23.8. The van der Waals surface area contributed by atoms with Gasteiger partial charge in [0.1, 0.15) is 24.1 Å². The molecule has 0 unspecified atom stereocenters. The molecule has 0 spiro atoms. The second-order valence-electron chi connectivity index (χ2n) is 9.99. The monoisotopic (exact) mass is 602 g/mol. The largest absolute Gasteiger partial charge is 0.491 e. The highest BCUT2D eigenvalue weighted by atomic mass is 35.5. The van der Waals surface area contributed by atoms with Crippen LogP contribution in [0.5, 0.6) is 11.5 Å². The number of allylic oxidation sites excluding steroid dienone is 1. The number of rotatable bonds is 9. The Morgan fingerprint density at radius 1 is 1.10 bits per heavy atom. The van der Waals surface area contributed by atoms with E-state index in [0.717, 1.165) is 11.1 Å². The lowest BCUT2D eigenvalue weighted by Gasteiger charge is -2.26. The molecule has 3 aromatic carbocycles. The number of halogens is 1. The summed E-state index contributed by atoms with van der Waals surface area (Å²) in [6.07, 6.45) is 1.72. The van der Waals surface area contributed by atoms with E-state index >= 15 is 0 Å². The maximum atomic E-state index is 14.0. The number of hydrogen-bond donors (Lipinski definition) is 0. The van der Waals surface area contributed by atoms with Gasteiger partial charge in [0, 0.05) is 10.6 Å². The van der Waals surface area contributed by atoms with Crippen molar-refractivity contribution in [2.45, 2.75) is 46.4 Å². The molecule has 1 aliphatic heterocycles. The highest BCUT2D eigenvalue weighted by Gasteiger charge is 2.35. The molecule has 4 aromatic rings. The maximum Gasteiger partial charge on any atom is 0.338 e. The lowest BCUT2D eigenvalue weighted by molar-refractivity contribution is -0.139. The first kappa shape index (κ1) is 29.4. The van der Waals surface area contributed by atoms with E-state index in [2.05, 4.69) is 4.99 Å². The molecule has 216 valence electrons. The number of benzene rings is 3. The summed E-state index contributed by atoms with van der Waals surface area (Å²) < 4.78 is 19.5. The molecule has 0 fully saturated rings. The number of fused-ring (bicyclic) bond motifs is 1. The Morgan fingerprint density at radius 3 is 2.57 bits per heavy atom. The fourth-order valence-electron chi connectivity index (χ4n) is 4.76. The van der Waals surface area contributed by atoms with E-state index in [9.17, 15) is 9.59 Å². The van der Waals surface area contributed by atoms with Gasteiger partial charge in [0.15, 0.2) is 4.80 Å². The Labute approximate surface area is 253 Å². The third-order valence-electron chi connectivity index (χ3n) is 6.57. The predicted molar refractivity (Wildman–Crippen MR) is 165 cm³/mol. The third-order valence-corrected chi connectivity index (χ3v) is 7.78. The Hall–Kier alpha value is -4.14. The number of nitrogens with zero attached hydrogens (tertiary/aromatic N) is 2. The zero-order valence-corrected chi connectivity index (χ0v) is 25.4. The first-order chi connectivity index (χ1) is 20.2. The number of para-hydroxylation sites is 1. The molecule has 1 aliphatic rings. The van der Waals surface area contributed by atoms with Crippen LogP contribution in [0.2, 0.25) is 5.02 Å². The zero-order chi connectivity index (χ0) is 29.8. The lowest BCUT2D eigenvalue weighted by atomic mass is 9.95. The molecule has 0 amide bonds. The molecule has 0 saturated carbocycles. The smallest absolute Gasteiger partial charge is 0.338 e. The van der Waals surface area contributed by atoms with Gasteiger partial charge in [-0.05, 0) is 75.2 Å². The van der Waals surface area contributed by atoms with Crippen molar-refractivity contribution in [3.05, 3.63) is 125 Å². The Balaban J connectivity index is 1.53. The van der Waals surface area contributed by atoms with Crippen LogP contribution in [0.25, 0.3) is 6.08 Å². The number of esters is 1. The fourth-order valence-corrected chi connectivity index (χ4v) is 6.02. The molecule has 0 saturated heterocycles. The summed E-state index contributed by atoms with van der Waals surface area (Å²) in [5.41, 5.74) is 3.07. The highest BCUT2D eigenvalue weighted by Crippen LogP contribution is 2.36. The number of aromatic nitrogens is 1. The molecular formula is C33H31ClN2O5S. The van der Waals surface area contributed by atoms with Crippen LogP contribution in [0.4, 0.5) is 0 Å². The molecule has 2 heterocycles. The van der Waals surface area contributed by atoms with Crippen LogP contribution < -0.4 is 24.4 Å². The second kappa shape index (κ2) is 12.8. The fraction of sp³-hybridized carbons (Fsp3) is 0.242. The van der Waals surface area contributed by atoms with Gasteiger partial charge in [-0.2, -0.15) is 0 Å². The van der Waals surface area contributed by atoms with E-state index in [1.807, 2.05) is 92.7 Å². The van der Waals surface area contributed by atoms with Crippen LogP contribution in [0.15, 0.2) is 93.9 Å². The van der Waals surface area contributed by atoms with Gasteiger partial charge in [-0.25, -0.2) is 9.79 Å². The molecule has 0 N–H and O–H groups in total. The summed E-state index contributed by atoms with van der Waals surface area (Å²) in [4.78, 5) is 32.3. The quantitative estimate of drug-likeness (QED) is 0.226. The minimum Gasteiger partial charge on any atom is -0.491 e. The summed E-state index contributed by atoms with van der Waals surface area (Å²) in [5, 5.41) is 0.663. The minimum absolute atomic E-state index is 0.101. The van der Waals surface area contributed by atoms with Crippen molar-refractivity contribution in [3.8, 4) is 11.5 Å². The van der Waals surface area contributed by atoms with E-state index in [-0.39, 0.29) is 18.3 Å². The van der Waals surface area contributed by atoms with Gasteiger partial charge in [-0.3, -0.25) is 9.36 Å². The van der Waals surface area contributed by atoms with Crippen molar-refractivity contribution in [1.82, 2.24) is 4.57 Å². The number of ether oxygens (including phenoxy) is 3. The van der Waals surface area contributed by atoms with Gasteiger partial charge in [-0.15, -0.1) is 0 Å². The summed E-state index contributed by atoms with van der Waals surface area (Å²) in [6.45, 7) is 7.98. The van der Waals surface area contributed by atoms with E-state index in [1.165, 1.54) is 11.3 Å². The molecule has 9 heteroatoms. The third kappa shape index (κ3) is 6.35. The van der Waals surface area contributed by atoms with E-state index < -0.39 is 12.0 Å². The molecular weight excluding hydrogens is 572 g/mol. The van der Waals surface area contributed by atoms with Crippen LogP contribution in [0, 0.1) is 0 Å². The molecule has 0 aliphatic carbocycles. The van der Waals surface area contributed by atoms with Crippen molar-refractivity contribution < 1.29 is 19.0 Å². The summed E-state index contributed by atoms with van der Waals surface area (Å²) in [7, 11) is 0. The van der Waals surface area contributed by atoms with Gasteiger partial charge in [0.05, 0.1) is 28.5 Å². The first-order valence-electron chi connectivity index (χ1n) is 13.7. The Morgan fingerprint density at radius 2 is 1.86 bits per heavy atom. The molecule has 1 atom stereocenters. The summed E-state index contributed by atoms with van der Waals surface area (Å²) in [5.74, 6) is 0.785. The summed E-state index contributed by atoms with van der Waals surface area (Å²) in [6, 6.07) is 21.7. The van der Waals surface area contributed by atoms with Crippen LogP contribution in [0.3, 0.4) is 0 Å². The van der Waals surface area contributed by atoms with Crippen LogP contribution in [0.1, 0.15) is 50.4 Å². The van der Waals surface area contributed by atoms with E-state index in [0.29, 0.717) is 49.3 Å². The standard InChI is InChI=1S/C33H31ClN2O5S/c1-5-39-32(38)29-21(4)35-33-36(30(29)26-11-6-7-12-27(26)41-20(2)3)31(37)28(42-33)18-22-13-15-25(16-14-22)40-19-23-9-8-10-24(34)17-23/h6-18,20,30H,5,19H2,1-4H3/b28-18-/t30-/m0/s1. The normalized spacial score (nSPS) is 14.9. The number of hydrogen-bond acceptors (Lipinski definition) is 7. The van der Waals surface area contributed by atoms with Crippen molar-refractivity contribution >= 4 is 35.0 Å². The maximum absolute atomic E-state index is 14.0. The average molecular weight is 603 g/mol. The van der Waals surface area contributed by atoms with E-state index in [4.69, 9.17) is 25.8 Å².